The van der Waals surface area contributed by atoms with E-state index in [1.807, 2.05) is 69.6 Å². The van der Waals surface area contributed by atoms with E-state index in [1.54, 1.807) is 23.3 Å². The molecular formula is C24H25ClN3O2S-. The summed E-state index contributed by atoms with van der Waals surface area (Å²) >= 11 is 1.55. The lowest BCUT2D eigenvalue weighted by molar-refractivity contribution is -0.0000143. The van der Waals surface area contributed by atoms with Crippen LogP contribution in [-0.4, -0.2) is 50.1 Å². The minimum atomic E-state index is -0.101. The molecule has 0 atom stereocenters. The number of aromatic nitrogens is 1. The van der Waals surface area contributed by atoms with E-state index in [4.69, 9.17) is 9.72 Å². The predicted molar refractivity (Wildman–Crippen MR) is 125 cm³/mol. The molecule has 4 rings (SSSR count). The number of benzene rings is 3. The Morgan fingerprint density at radius 1 is 1.03 bits per heavy atom. The molecule has 0 N–H and O–H groups in total. The van der Waals surface area contributed by atoms with Crippen molar-refractivity contribution in [1.82, 2.24) is 9.88 Å². The maximum atomic E-state index is 13.7. The normalized spacial score (nSPS) is 11.0. The van der Waals surface area contributed by atoms with Crippen LogP contribution in [0.25, 0.3) is 21.0 Å². The van der Waals surface area contributed by atoms with Crippen molar-refractivity contribution in [3.63, 3.8) is 0 Å². The number of hydrogen-bond donors (Lipinski definition) is 0. The van der Waals surface area contributed by atoms with Gasteiger partial charge in [0.25, 0.3) is 5.91 Å². The maximum Gasteiger partial charge on any atom is 0.263 e. The van der Waals surface area contributed by atoms with Gasteiger partial charge in [-0.15, -0.1) is 0 Å². The molecule has 7 heteroatoms. The van der Waals surface area contributed by atoms with Crippen LogP contribution in [-0.2, 0) is 0 Å². The molecule has 4 aromatic rings. The van der Waals surface area contributed by atoms with Gasteiger partial charge in [-0.25, -0.2) is 4.98 Å². The van der Waals surface area contributed by atoms with Crippen LogP contribution in [0.3, 0.4) is 0 Å². The van der Waals surface area contributed by atoms with Gasteiger partial charge in [-0.05, 0) is 55.6 Å². The van der Waals surface area contributed by atoms with E-state index in [-0.39, 0.29) is 18.3 Å². The summed E-state index contributed by atoms with van der Waals surface area (Å²) in [5, 5.41) is 2.76. The smallest absolute Gasteiger partial charge is 0.263 e. The average Bonchev–Trinajstić information content (AvgIpc) is 3.18. The number of nitrogens with zero attached hydrogens (tertiary/aromatic N) is 3. The molecule has 0 unspecified atom stereocenters. The number of ether oxygens (including phenoxy) is 1. The topological polar surface area (TPSA) is 45.7 Å². The summed E-state index contributed by atoms with van der Waals surface area (Å²) < 4.78 is 6.67. The molecule has 0 spiro atoms. The van der Waals surface area contributed by atoms with Crippen LogP contribution in [0.1, 0.15) is 15.9 Å². The van der Waals surface area contributed by atoms with Gasteiger partial charge in [0.2, 0.25) is 0 Å². The zero-order valence-electron chi connectivity index (χ0n) is 18.1. The Labute approximate surface area is 192 Å². The van der Waals surface area contributed by atoms with E-state index in [0.717, 1.165) is 33.1 Å². The van der Waals surface area contributed by atoms with Gasteiger partial charge in [0.05, 0.1) is 22.9 Å². The van der Waals surface area contributed by atoms with Crippen molar-refractivity contribution in [3.8, 4) is 5.75 Å². The number of para-hydroxylation sites is 1. The fourth-order valence-electron chi connectivity index (χ4n) is 3.47. The fraction of sp³-hybridized carbons (Fsp3) is 0.250. The molecule has 1 amide bonds. The van der Waals surface area contributed by atoms with Crippen molar-refractivity contribution in [2.45, 2.75) is 6.92 Å². The Morgan fingerprint density at radius 3 is 2.39 bits per heavy atom. The standard InChI is InChI=1S/C24H25N3O2S.ClH/c1-16-8-7-11-21-22(16)25-24(30-21)27(13-12-26(2)3)23(28)19-14-17-9-5-6-10-18(17)15-20(19)29-4;/h5-11,14-15H,12-13H2,1-4H3;1H/p-1. The average molecular weight is 455 g/mol. The summed E-state index contributed by atoms with van der Waals surface area (Å²) in [6, 6.07) is 18.0. The molecule has 0 bridgehead atoms. The Kier molecular flexibility index (Phi) is 7.15. The lowest BCUT2D eigenvalue weighted by Crippen LogP contribution is -3.00. The lowest BCUT2D eigenvalue weighted by Gasteiger charge is -2.23. The number of fused-ring (bicyclic) bond motifs is 2. The largest absolute Gasteiger partial charge is 1.00 e. The number of aryl methyl sites for hydroxylation is 1. The van der Waals surface area contributed by atoms with E-state index in [1.165, 1.54) is 0 Å². The summed E-state index contributed by atoms with van der Waals surface area (Å²) in [5.41, 5.74) is 2.61. The van der Waals surface area contributed by atoms with E-state index in [9.17, 15) is 4.79 Å². The molecule has 1 heterocycles. The molecule has 0 aliphatic rings. The highest BCUT2D eigenvalue weighted by molar-refractivity contribution is 7.22. The number of methoxy groups -OCH3 is 1. The fourth-order valence-corrected chi connectivity index (χ4v) is 4.54. The van der Waals surface area contributed by atoms with E-state index in [2.05, 4.69) is 11.0 Å². The highest BCUT2D eigenvalue weighted by Gasteiger charge is 2.25. The van der Waals surface area contributed by atoms with Crippen LogP contribution in [0, 0.1) is 6.92 Å². The van der Waals surface area contributed by atoms with Gasteiger partial charge in [0.1, 0.15) is 5.75 Å². The number of thiazole rings is 1. The van der Waals surface area contributed by atoms with Gasteiger partial charge in [-0.3, -0.25) is 9.69 Å². The van der Waals surface area contributed by atoms with Gasteiger partial charge < -0.3 is 22.0 Å². The van der Waals surface area contributed by atoms with E-state index < -0.39 is 0 Å². The Balaban J connectivity index is 0.00000272. The van der Waals surface area contributed by atoms with Crippen molar-refractivity contribution in [2.75, 3.05) is 39.2 Å². The van der Waals surface area contributed by atoms with Gasteiger partial charge in [0.15, 0.2) is 5.13 Å². The number of likely N-dealkylation sites (N-methyl/N-ethyl adjacent to an activating group) is 1. The number of rotatable bonds is 6. The van der Waals surface area contributed by atoms with E-state index in [0.29, 0.717) is 23.0 Å². The first-order chi connectivity index (χ1) is 14.5. The second-order valence-corrected chi connectivity index (χ2v) is 8.59. The molecule has 0 aliphatic carbocycles. The van der Waals surface area contributed by atoms with Gasteiger partial charge in [0, 0.05) is 13.1 Å². The first kappa shape index (κ1) is 23.0. The third kappa shape index (κ3) is 4.66. The van der Waals surface area contributed by atoms with Crippen LogP contribution < -0.4 is 22.0 Å². The van der Waals surface area contributed by atoms with Gasteiger partial charge >= 0.3 is 0 Å². The molecule has 3 aromatic carbocycles. The third-order valence-corrected chi connectivity index (χ3v) is 6.20. The van der Waals surface area contributed by atoms with Crippen LogP contribution in [0.5, 0.6) is 5.75 Å². The van der Waals surface area contributed by atoms with Crippen LogP contribution in [0.2, 0.25) is 0 Å². The van der Waals surface area contributed by atoms with Crippen molar-refractivity contribution in [2.24, 2.45) is 0 Å². The van der Waals surface area contributed by atoms with Crippen molar-refractivity contribution in [1.29, 1.82) is 0 Å². The SMILES string of the molecule is COc1cc2ccccc2cc1C(=O)N(CCN(C)C)c1nc2c(C)cccc2s1.[Cl-]. The molecule has 0 radical (unpaired) electrons. The zero-order chi connectivity index (χ0) is 21.3. The van der Waals surface area contributed by atoms with Crippen molar-refractivity contribution >= 4 is 43.4 Å². The number of carbonyl (C=O) groups excluding carboxylic acids is 1. The number of carbonyl (C=O) groups is 1. The predicted octanol–water partition coefficient (Wildman–Crippen LogP) is 1.98. The molecule has 31 heavy (non-hydrogen) atoms. The van der Waals surface area contributed by atoms with Gasteiger partial charge in [-0.2, -0.15) is 0 Å². The third-order valence-electron chi connectivity index (χ3n) is 5.15. The summed E-state index contributed by atoms with van der Waals surface area (Å²) in [4.78, 5) is 22.4. The first-order valence-electron chi connectivity index (χ1n) is 9.87. The summed E-state index contributed by atoms with van der Waals surface area (Å²) in [6.07, 6.45) is 0. The summed E-state index contributed by atoms with van der Waals surface area (Å²) in [5.74, 6) is 0.474. The highest BCUT2D eigenvalue weighted by Crippen LogP contribution is 2.33. The molecule has 5 nitrogen and oxygen atoms in total. The molecule has 162 valence electrons. The monoisotopic (exact) mass is 454 g/mol. The number of hydrogen-bond acceptors (Lipinski definition) is 5. The van der Waals surface area contributed by atoms with E-state index >= 15 is 0 Å². The number of anilines is 1. The van der Waals surface area contributed by atoms with Gasteiger partial charge in [-0.1, -0.05) is 47.7 Å². The Morgan fingerprint density at radius 2 is 1.74 bits per heavy atom. The highest BCUT2D eigenvalue weighted by atomic mass is 35.5. The maximum absolute atomic E-state index is 13.7. The number of halogens is 1. The van der Waals surface area contributed by atoms with Crippen LogP contribution in [0.15, 0.2) is 54.6 Å². The van der Waals surface area contributed by atoms with Crippen molar-refractivity contribution < 1.29 is 21.9 Å². The quantitative estimate of drug-likeness (QED) is 0.447. The first-order valence-corrected chi connectivity index (χ1v) is 10.7. The van der Waals surface area contributed by atoms with Crippen LogP contribution in [0.4, 0.5) is 5.13 Å². The molecule has 1 aromatic heterocycles. The van der Waals surface area contributed by atoms with Crippen molar-refractivity contribution in [3.05, 3.63) is 65.7 Å². The molecule has 0 saturated heterocycles. The minimum Gasteiger partial charge on any atom is -1.00 e. The molecule has 0 saturated carbocycles. The minimum absolute atomic E-state index is 0. The second-order valence-electron chi connectivity index (χ2n) is 7.58. The Bertz CT molecular complexity index is 1220. The number of amides is 1. The lowest BCUT2D eigenvalue weighted by atomic mass is 10.0. The molecular weight excluding hydrogens is 430 g/mol. The Hall–Kier alpha value is -2.67. The van der Waals surface area contributed by atoms with Crippen LogP contribution >= 0.6 is 11.3 Å². The summed E-state index contributed by atoms with van der Waals surface area (Å²) in [6.45, 7) is 3.32. The molecule has 0 fully saturated rings. The molecule has 0 aliphatic heterocycles. The summed E-state index contributed by atoms with van der Waals surface area (Å²) in [7, 11) is 5.61. The second kappa shape index (κ2) is 9.64. The zero-order valence-corrected chi connectivity index (χ0v) is 19.6.